The number of amides is 1. The largest absolute Gasteiger partial charge is 0.469 e. The first kappa shape index (κ1) is 15.5. The van der Waals surface area contributed by atoms with Crippen LogP contribution in [0.2, 0.25) is 0 Å². The van der Waals surface area contributed by atoms with Crippen LogP contribution in [0.15, 0.2) is 47.3 Å². The molecular formula is C19H18N4O2. The molecule has 0 fully saturated rings. The quantitative estimate of drug-likeness (QED) is 0.795. The second-order valence-electron chi connectivity index (χ2n) is 6.12. The Morgan fingerprint density at radius 3 is 2.96 bits per heavy atom. The van der Waals surface area contributed by atoms with Crippen molar-refractivity contribution in [3.63, 3.8) is 0 Å². The lowest BCUT2D eigenvalue weighted by Crippen LogP contribution is -2.31. The molecule has 0 aliphatic heterocycles. The van der Waals surface area contributed by atoms with Crippen LogP contribution in [-0.2, 0) is 6.42 Å². The molecule has 3 heterocycles. The normalized spacial score (nSPS) is 16.3. The van der Waals surface area contributed by atoms with Gasteiger partial charge in [-0.1, -0.05) is 6.07 Å². The third kappa shape index (κ3) is 3.03. The number of nitrogens with zero attached hydrogens (tertiary/aromatic N) is 3. The lowest BCUT2D eigenvalue weighted by molar-refractivity contribution is 0.0931. The number of pyridine rings is 1. The molecule has 1 N–H and O–H groups in total. The fourth-order valence-electron chi connectivity index (χ4n) is 3.17. The van der Waals surface area contributed by atoms with E-state index in [0.29, 0.717) is 17.1 Å². The molecule has 126 valence electrons. The van der Waals surface area contributed by atoms with Crippen LogP contribution in [0.5, 0.6) is 0 Å². The summed E-state index contributed by atoms with van der Waals surface area (Å²) >= 11 is 0. The topological polar surface area (TPSA) is 80.9 Å². The molecule has 1 aliphatic rings. The number of carbonyl (C=O) groups excluding carboxylic acids is 1. The molecule has 0 aromatic carbocycles. The minimum Gasteiger partial charge on any atom is -0.469 e. The fourth-order valence-corrected chi connectivity index (χ4v) is 3.17. The van der Waals surface area contributed by atoms with Crippen molar-refractivity contribution in [2.75, 3.05) is 0 Å². The van der Waals surface area contributed by atoms with Gasteiger partial charge in [0.05, 0.1) is 17.9 Å². The smallest absolute Gasteiger partial charge is 0.255 e. The fraction of sp³-hybridized carbons (Fsp3) is 0.263. The number of aromatic nitrogens is 3. The molecule has 4 rings (SSSR count). The Morgan fingerprint density at radius 1 is 1.28 bits per heavy atom. The van der Waals surface area contributed by atoms with Crippen molar-refractivity contribution >= 4 is 5.91 Å². The number of hydrogen-bond acceptors (Lipinski definition) is 5. The van der Waals surface area contributed by atoms with E-state index < -0.39 is 0 Å². The Kier molecular flexibility index (Phi) is 4.01. The average molecular weight is 334 g/mol. The predicted octanol–water partition coefficient (Wildman–Crippen LogP) is 3.25. The summed E-state index contributed by atoms with van der Waals surface area (Å²) in [6.45, 7) is 1.78. The van der Waals surface area contributed by atoms with Crippen molar-refractivity contribution in [3.8, 4) is 11.5 Å². The second kappa shape index (κ2) is 6.47. The van der Waals surface area contributed by atoms with Crippen LogP contribution in [0.4, 0.5) is 0 Å². The van der Waals surface area contributed by atoms with Crippen molar-refractivity contribution < 1.29 is 9.21 Å². The minimum absolute atomic E-state index is 0.0802. The summed E-state index contributed by atoms with van der Waals surface area (Å²) in [4.78, 5) is 25.9. The first-order chi connectivity index (χ1) is 12.2. The van der Waals surface area contributed by atoms with Gasteiger partial charge in [0, 0.05) is 23.7 Å². The van der Waals surface area contributed by atoms with E-state index in [1.54, 1.807) is 19.2 Å². The number of nitrogens with one attached hydrogen (secondary N) is 1. The van der Waals surface area contributed by atoms with E-state index >= 15 is 0 Å². The van der Waals surface area contributed by atoms with E-state index in [4.69, 9.17) is 4.42 Å². The van der Waals surface area contributed by atoms with Gasteiger partial charge in [-0.25, -0.2) is 9.97 Å². The third-order valence-corrected chi connectivity index (χ3v) is 4.48. The highest BCUT2D eigenvalue weighted by Crippen LogP contribution is 2.29. The van der Waals surface area contributed by atoms with Crippen LogP contribution in [0, 0.1) is 6.92 Å². The lowest BCUT2D eigenvalue weighted by Gasteiger charge is -2.25. The van der Waals surface area contributed by atoms with Gasteiger partial charge in [-0.05, 0) is 44.4 Å². The van der Waals surface area contributed by atoms with Gasteiger partial charge in [0.15, 0.2) is 5.82 Å². The zero-order chi connectivity index (χ0) is 17.2. The van der Waals surface area contributed by atoms with Gasteiger partial charge in [0.25, 0.3) is 5.91 Å². The first-order valence-electron chi connectivity index (χ1n) is 8.34. The summed E-state index contributed by atoms with van der Waals surface area (Å²) in [5.74, 6) is 1.12. The van der Waals surface area contributed by atoms with Gasteiger partial charge in [-0.15, -0.1) is 0 Å². The van der Waals surface area contributed by atoms with E-state index in [0.717, 1.165) is 36.2 Å². The van der Waals surface area contributed by atoms with Crippen LogP contribution in [0.25, 0.3) is 11.5 Å². The minimum atomic E-state index is -0.127. The van der Waals surface area contributed by atoms with E-state index in [-0.39, 0.29) is 11.9 Å². The molecule has 1 atom stereocenters. The number of hydrogen-bond donors (Lipinski definition) is 1. The first-order valence-corrected chi connectivity index (χ1v) is 8.34. The van der Waals surface area contributed by atoms with Gasteiger partial charge in [-0.2, -0.15) is 0 Å². The number of furan rings is 1. The molecule has 25 heavy (non-hydrogen) atoms. The van der Waals surface area contributed by atoms with E-state index in [1.165, 1.54) is 6.26 Å². The summed E-state index contributed by atoms with van der Waals surface area (Å²) in [5, 5.41) is 3.08. The number of aryl methyl sites for hydroxylation is 2. The summed E-state index contributed by atoms with van der Waals surface area (Å²) < 4.78 is 5.22. The lowest BCUT2D eigenvalue weighted by atomic mass is 9.92. The standard InChI is InChI=1S/C19H18N4O2/c1-12-13(8-10-25-12)19(24)23-16-7-4-6-15-14(16)11-21-18(22-15)17-5-2-3-9-20-17/h2-3,5,8-11,16H,4,6-7H2,1H3,(H,23,24)/t16-/m1/s1. The number of fused-ring (bicyclic) bond motifs is 1. The van der Waals surface area contributed by atoms with Crippen molar-refractivity contribution in [1.82, 2.24) is 20.3 Å². The summed E-state index contributed by atoms with van der Waals surface area (Å²) in [5.41, 5.74) is 3.29. The summed E-state index contributed by atoms with van der Waals surface area (Å²) in [6, 6.07) is 7.29. The molecule has 6 nitrogen and oxygen atoms in total. The SMILES string of the molecule is Cc1occc1C(=O)N[C@@H]1CCCc2nc(-c3ccccn3)ncc21. The zero-order valence-electron chi connectivity index (χ0n) is 13.9. The Morgan fingerprint density at radius 2 is 2.20 bits per heavy atom. The Labute approximate surface area is 145 Å². The van der Waals surface area contributed by atoms with Gasteiger partial charge >= 0.3 is 0 Å². The molecule has 1 amide bonds. The van der Waals surface area contributed by atoms with Crippen molar-refractivity contribution in [2.45, 2.75) is 32.2 Å². The Balaban J connectivity index is 1.60. The van der Waals surface area contributed by atoms with Crippen molar-refractivity contribution in [2.24, 2.45) is 0 Å². The van der Waals surface area contributed by atoms with Crippen LogP contribution >= 0.6 is 0 Å². The van der Waals surface area contributed by atoms with Crippen LogP contribution in [-0.4, -0.2) is 20.9 Å². The molecule has 0 saturated heterocycles. The summed E-state index contributed by atoms with van der Waals surface area (Å²) in [6.07, 6.45) is 7.81. The highest BCUT2D eigenvalue weighted by molar-refractivity contribution is 5.95. The van der Waals surface area contributed by atoms with Crippen LogP contribution < -0.4 is 5.32 Å². The molecule has 0 spiro atoms. The van der Waals surface area contributed by atoms with Gasteiger partial charge in [0.2, 0.25) is 0 Å². The second-order valence-corrected chi connectivity index (χ2v) is 6.12. The Bertz CT molecular complexity index is 905. The van der Waals surface area contributed by atoms with Gasteiger partial charge in [-0.3, -0.25) is 9.78 Å². The molecule has 6 heteroatoms. The predicted molar refractivity (Wildman–Crippen MR) is 91.9 cm³/mol. The molecule has 3 aromatic rings. The summed E-state index contributed by atoms with van der Waals surface area (Å²) in [7, 11) is 0. The highest BCUT2D eigenvalue weighted by atomic mass is 16.3. The van der Waals surface area contributed by atoms with Crippen molar-refractivity contribution in [1.29, 1.82) is 0 Å². The maximum atomic E-state index is 12.5. The molecule has 1 aliphatic carbocycles. The Hall–Kier alpha value is -3.02. The van der Waals surface area contributed by atoms with Gasteiger partial charge < -0.3 is 9.73 Å². The highest BCUT2D eigenvalue weighted by Gasteiger charge is 2.25. The van der Waals surface area contributed by atoms with E-state index in [9.17, 15) is 4.79 Å². The van der Waals surface area contributed by atoms with Crippen molar-refractivity contribution in [3.05, 3.63) is 65.5 Å². The maximum Gasteiger partial charge on any atom is 0.255 e. The molecule has 3 aromatic heterocycles. The number of rotatable bonds is 3. The molecular weight excluding hydrogens is 316 g/mol. The molecule has 0 bridgehead atoms. The third-order valence-electron chi connectivity index (χ3n) is 4.48. The molecule has 0 unspecified atom stereocenters. The zero-order valence-corrected chi connectivity index (χ0v) is 13.9. The van der Waals surface area contributed by atoms with Crippen LogP contribution in [0.1, 0.15) is 46.3 Å². The molecule has 0 saturated carbocycles. The monoisotopic (exact) mass is 334 g/mol. The average Bonchev–Trinajstić information content (AvgIpc) is 3.08. The van der Waals surface area contributed by atoms with Gasteiger partial charge in [0.1, 0.15) is 11.5 Å². The van der Waals surface area contributed by atoms with E-state index in [2.05, 4.69) is 20.3 Å². The number of carbonyl (C=O) groups is 1. The van der Waals surface area contributed by atoms with Crippen LogP contribution in [0.3, 0.4) is 0 Å². The maximum absolute atomic E-state index is 12.5. The molecule has 0 radical (unpaired) electrons. The van der Waals surface area contributed by atoms with E-state index in [1.807, 2.05) is 24.4 Å².